The normalized spacial score (nSPS) is 20.0. The second-order valence-electron chi connectivity index (χ2n) is 5.47. The lowest BCUT2D eigenvalue weighted by atomic mass is 10.0. The zero-order valence-electron chi connectivity index (χ0n) is 12.0. The molecule has 1 unspecified atom stereocenters. The third-order valence-electron chi connectivity index (χ3n) is 3.66. The van der Waals surface area contributed by atoms with E-state index in [-0.39, 0.29) is 18.0 Å². The predicted octanol–water partition coefficient (Wildman–Crippen LogP) is 2.12. The van der Waals surface area contributed by atoms with E-state index in [0.29, 0.717) is 0 Å². The molecule has 22 heavy (non-hydrogen) atoms. The number of hydrogen-bond donors (Lipinski definition) is 2. The lowest BCUT2D eigenvalue weighted by Gasteiger charge is -2.23. The van der Waals surface area contributed by atoms with Gasteiger partial charge in [-0.2, -0.15) is 13.2 Å². The monoisotopic (exact) mass is 336 g/mol. The summed E-state index contributed by atoms with van der Waals surface area (Å²) in [7, 11) is -3.79. The minimum absolute atomic E-state index is 0.182. The first-order valence-corrected chi connectivity index (χ1v) is 8.76. The lowest BCUT2D eigenvalue weighted by molar-refractivity contribution is -0.138. The van der Waals surface area contributed by atoms with Gasteiger partial charge in [-0.05, 0) is 43.5 Å². The van der Waals surface area contributed by atoms with Gasteiger partial charge in [0.15, 0.2) is 0 Å². The van der Waals surface area contributed by atoms with E-state index in [4.69, 9.17) is 0 Å². The maximum absolute atomic E-state index is 12.9. The van der Waals surface area contributed by atoms with E-state index in [0.717, 1.165) is 32.0 Å². The molecule has 4 nitrogen and oxygen atoms in total. The molecule has 1 fully saturated rings. The summed E-state index contributed by atoms with van der Waals surface area (Å²) in [6.07, 6.45) is -2.67. The third kappa shape index (κ3) is 4.96. The molecule has 0 saturated carbocycles. The maximum Gasteiger partial charge on any atom is 0.416 e. The molecule has 1 aliphatic rings. The van der Waals surface area contributed by atoms with Gasteiger partial charge in [0.2, 0.25) is 10.0 Å². The van der Waals surface area contributed by atoms with Crippen LogP contribution in [0.5, 0.6) is 0 Å². The number of benzene rings is 1. The molecular weight excluding hydrogens is 317 g/mol. The number of alkyl halides is 3. The first kappa shape index (κ1) is 17.2. The van der Waals surface area contributed by atoms with Crippen molar-refractivity contribution in [1.82, 2.24) is 10.0 Å². The van der Waals surface area contributed by atoms with Gasteiger partial charge in [0.1, 0.15) is 0 Å². The smallest absolute Gasteiger partial charge is 0.316 e. The quantitative estimate of drug-likeness (QED) is 0.866. The summed E-state index contributed by atoms with van der Waals surface area (Å²) in [6, 6.07) is 4.76. The fourth-order valence-electron chi connectivity index (χ4n) is 2.52. The lowest BCUT2D eigenvalue weighted by Crippen LogP contribution is -2.38. The molecule has 0 aliphatic carbocycles. The van der Waals surface area contributed by atoms with Gasteiger partial charge in [0, 0.05) is 6.54 Å². The third-order valence-corrected chi connectivity index (χ3v) is 4.96. The predicted molar refractivity (Wildman–Crippen MR) is 77.7 cm³/mol. The zero-order chi connectivity index (χ0) is 16.2. The van der Waals surface area contributed by atoms with Gasteiger partial charge >= 0.3 is 6.18 Å². The molecule has 0 spiro atoms. The van der Waals surface area contributed by atoms with Crippen LogP contribution in [-0.4, -0.2) is 28.1 Å². The fourth-order valence-corrected chi connectivity index (χ4v) is 3.77. The Hall–Kier alpha value is -1.12. The van der Waals surface area contributed by atoms with E-state index in [1.807, 2.05) is 0 Å². The van der Waals surface area contributed by atoms with Crippen molar-refractivity contribution in [3.8, 4) is 0 Å². The van der Waals surface area contributed by atoms with E-state index < -0.39 is 27.5 Å². The molecule has 1 atom stereocenters. The van der Waals surface area contributed by atoms with Gasteiger partial charge < -0.3 is 5.32 Å². The van der Waals surface area contributed by atoms with Crippen LogP contribution in [0.3, 0.4) is 0 Å². The minimum atomic E-state index is -4.56. The fraction of sp³-hybridized carbons (Fsp3) is 0.571. The Labute approximate surface area is 128 Å². The van der Waals surface area contributed by atoms with Crippen LogP contribution < -0.4 is 10.0 Å². The molecule has 124 valence electrons. The molecule has 1 aromatic carbocycles. The zero-order valence-corrected chi connectivity index (χ0v) is 12.8. The number of piperidine rings is 1. The molecule has 1 aliphatic heterocycles. The summed E-state index contributed by atoms with van der Waals surface area (Å²) in [5.41, 5.74) is -1.14. The Morgan fingerprint density at radius 2 is 2.00 bits per heavy atom. The highest BCUT2D eigenvalue weighted by atomic mass is 32.2. The summed E-state index contributed by atoms with van der Waals surface area (Å²) in [5, 5.41) is 3.17. The highest BCUT2D eigenvalue weighted by Crippen LogP contribution is 2.32. The van der Waals surface area contributed by atoms with Crippen LogP contribution in [0.1, 0.15) is 24.0 Å². The molecule has 1 aromatic rings. The summed E-state index contributed by atoms with van der Waals surface area (Å²) in [6.45, 7) is 1.90. The number of nitrogens with one attached hydrogen (secondary N) is 2. The number of hydrogen-bond acceptors (Lipinski definition) is 3. The number of sulfonamides is 1. The molecule has 8 heteroatoms. The second kappa shape index (κ2) is 6.97. The maximum atomic E-state index is 12.9. The molecule has 1 saturated heterocycles. The van der Waals surface area contributed by atoms with Crippen LogP contribution in [0.2, 0.25) is 0 Å². The van der Waals surface area contributed by atoms with Gasteiger partial charge in [-0.15, -0.1) is 0 Å². The molecule has 0 aromatic heterocycles. The highest BCUT2D eigenvalue weighted by molar-refractivity contribution is 7.88. The summed E-state index contributed by atoms with van der Waals surface area (Å²) < 4.78 is 65.1. The van der Waals surface area contributed by atoms with Crippen LogP contribution >= 0.6 is 0 Å². The second-order valence-corrected chi connectivity index (χ2v) is 7.28. The van der Waals surface area contributed by atoms with Crippen LogP contribution in [0.25, 0.3) is 0 Å². The van der Waals surface area contributed by atoms with E-state index in [2.05, 4.69) is 10.0 Å². The molecule has 0 amide bonds. The van der Waals surface area contributed by atoms with E-state index >= 15 is 0 Å². The first-order chi connectivity index (χ1) is 10.3. The topological polar surface area (TPSA) is 58.2 Å². The van der Waals surface area contributed by atoms with Gasteiger partial charge in [0.05, 0.1) is 11.3 Å². The molecule has 0 radical (unpaired) electrons. The van der Waals surface area contributed by atoms with Gasteiger partial charge in [-0.1, -0.05) is 18.2 Å². The van der Waals surface area contributed by atoms with Crippen molar-refractivity contribution in [3.05, 3.63) is 35.4 Å². The SMILES string of the molecule is O=S(=O)(Cc1ccccc1C(F)(F)F)NCC1CCCNC1. The van der Waals surface area contributed by atoms with E-state index in [1.54, 1.807) is 0 Å². The first-order valence-electron chi connectivity index (χ1n) is 7.11. The van der Waals surface area contributed by atoms with Crippen molar-refractivity contribution in [1.29, 1.82) is 0 Å². The standard InChI is InChI=1S/C14H19F3N2O2S/c15-14(16,17)13-6-2-1-5-12(13)10-22(20,21)19-9-11-4-3-7-18-8-11/h1-2,5-6,11,18-19H,3-4,7-10H2. The average Bonchev–Trinajstić information content (AvgIpc) is 2.45. The van der Waals surface area contributed by atoms with Gasteiger partial charge in [-0.3, -0.25) is 0 Å². The largest absolute Gasteiger partial charge is 0.416 e. The van der Waals surface area contributed by atoms with Crippen LogP contribution in [0.4, 0.5) is 13.2 Å². The van der Waals surface area contributed by atoms with Crippen LogP contribution in [0, 0.1) is 5.92 Å². The van der Waals surface area contributed by atoms with Crippen LogP contribution in [0.15, 0.2) is 24.3 Å². The van der Waals surface area contributed by atoms with E-state index in [1.165, 1.54) is 18.2 Å². The Balaban J connectivity index is 2.02. The van der Waals surface area contributed by atoms with Crippen molar-refractivity contribution < 1.29 is 21.6 Å². The Morgan fingerprint density at radius 3 is 2.64 bits per heavy atom. The highest BCUT2D eigenvalue weighted by Gasteiger charge is 2.34. The van der Waals surface area contributed by atoms with Crippen LogP contribution in [-0.2, 0) is 22.0 Å². The van der Waals surface area contributed by atoms with Gasteiger partial charge in [-0.25, -0.2) is 13.1 Å². The molecular formula is C14H19F3N2O2S. The molecule has 0 bridgehead atoms. The Morgan fingerprint density at radius 1 is 1.27 bits per heavy atom. The Kier molecular flexibility index (Phi) is 5.46. The molecule has 2 rings (SSSR count). The minimum Gasteiger partial charge on any atom is -0.316 e. The summed E-state index contributed by atoms with van der Waals surface area (Å²) in [5.74, 6) is -0.482. The molecule has 1 heterocycles. The van der Waals surface area contributed by atoms with Crippen molar-refractivity contribution in [2.75, 3.05) is 19.6 Å². The summed E-state index contributed by atoms with van der Waals surface area (Å²) >= 11 is 0. The van der Waals surface area contributed by atoms with Crippen molar-refractivity contribution in [2.24, 2.45) is 5.92 Å². The van der Waals surface area contributed by atoms with Crippen molar-refractivity contribution >= 4 is 10.0 Å². The van der Waals surface area contributed by atoms with Crippen molar-refractivity contribution in [3.63, 3.8) is 0 Å². The van der Waals surface area contributed by atoms with Crippen molar-refractivity contribution in [2.45, 2.75) is 24.8 Å². The Bertz CT molecular complexity index is 596. The number of rotatable bonds is 5. The summed E-state index contributed by atoms with van der Waals surface area (Å²) in [4.78, 5) is 0. The molecule has 2 N–H and O–H groups in total. The van der Waals surface area contributed by atoms with E-state index in [9.17, 15) is 21.6 Å². The average molecular weight is 336 g/mol. The van der Waals surface area contributed by atoms with Gasteiger partial charge in [0.25, 0.3) is 0 Å². The number of halogens is 3.